The Bertz CT molecular complexity index is 360. The normalized spacial score (nSPS) is 13.1. The highest BCUT2D eigenvalue weighted by molar-refractivity contribution is 8.93. The van der Waals surface area contributed by atoms with Crippen LogP contribution >= 0.6 is 67.9 Å². The van der Waals surface area contributed by atoms with Crippen LogP contribution in [0.15, 0.2) is 0 Å². The van der Waals surface area contributed by atoms with Crippen LogP contribution in [0.1, 0.15) is 58.8 Å². The van der Waals surface area contributed by atoms with E-state index in [2.05, 4.69) is 21.3 Å². The molecule has 2 unspecified atom stereocenters. The van der Waals surface area contributed by atoms with Gasteiger partial charge in [-0.05, 0) is 65.7 Å². The second-order valence-electron chi connectivity index (χ2n) is 7.64. The van der Waals surface area contributed by atoms with Crippen molar-refractivity contribution in [1.82, 2.24) is 21.3 Å². The third-order valence-corrected chi connectivity index (χ3v) is 4.52. The van der Waals surface area contributed by atoms with E-state index >= 15 is 0 Å². The number of rotatable bonds is 18. The Morgan fingerprint density at radius 3 is 1.12 bits per heavy atom. The Morgan fingerprint density at radius 2 is 0.818 bits per heavy atom. The first-order valence-corrected chi connectivity index (χ1v) is 10.5. The van der Waals surface area contributed by atoms with E-state index in [0.29, 0.717) is 25.9 Å². The van der Waals surface area contributed by atoms with Crippen LogP contribution in [-0.2, 0) is 0 Å². The van der Waals surface area contributed by atoms with Gasteiger partial charge in [-0.15, -0.1) is 67.9 Å². The molecule has 2 atom stereocenters. The first kappa shape index (κ1) is 44.3. The second-order valence-corrected chi connectivity index (χ2v) is 7.64. The Labute approximate surface area is 237 Å². The molecule has 14 heteroatoms. The van der Waals surface area contributed by atoms with Gasteiger partial charge in [0.1, 0.15) is 0 Å². The van der Waals surface area contributed by atoms with E-state index in [1.807, 2.05) is 0 Å². The SMILES string of the molecule is Br.Br.Br.Br.CC(CCNCCCCCCCNCCC(C)NCC(F)(F)F)NCC(F)(F)F. The zero-order valence-corrected chi connectivity index (χ0v) is 26.1. The summed E-state index contributed by atoms with van der Waals surface area (Å²) in [6, 6.07) is -0.333. The number of unbranched alkanes of at least 4 members (excludes halogenated alkanes) is 4. The van der Waals surface area contributed by atoms with E-state index in [1.54, 1.807) is 13.8 Å². The van der Waals surface area contributed by atoms with Crippen LogP contribution in [-0.4, -0.2) is 63.7 Å². The highest BCUT2D eigenvalue weighted by Crippen LogP contribution is 2.13. The smallest absolute Gasteiger partial charge is 0.317 e. The van der Waals surface area contributed by atoms with Gasteiger partial charge in [-0.1, -0.05) is 19.3 Å². The molecule has 208 valence electrons. The van der Waals surface area contributed by atoms with Crippen molar-refractivity contribution in [2.45, 2.75) is 83.2 Å². The monoisotopic (exact) mass is 756 g/mol. The summed E-state index contributed by atoms with van der Waals surface area (Å²) >= 11 is 0. The number of hydrogen-bond acceptors (Lipinski definition) is 4. The molecule has 0 bridgehead atoms. The molecule has 0 rings (SSSR count). The van der Waals surface area contributed by atoms with Gasteiger partial charge in [0.2, 0.25) is 0 Å². The molecule has 0 saturated carbocycles. The zero-order chi connectivity index (χ0) is 22.2. The molecule has 0 aliphatic carbocycles. The van der Waals surface area contributed by atoms with E-state index in [4.69, 9.17) is 0 Å². The molecule has 0 aliphatic heterocycles. The van der Waals surface area contributed by atoms with E-state index in [0.717, 1.165) is 45.2 Å². The largest absolute Gasteiger partial charge is 0.401 e. The van der Waals surface area contributed by atoms with Gasteiger partial charge in [-0.2, -0.15) is 26.3 Å². The van der Waals surface area contributed by atoms with Crippen LogP contribution in [0.3, 0.4) is 0 Å². The van der Waals surface area contributed by atoms with Crippen LogP contribution in [0.4, 0.5) is 26.3 Å². The summed E-state index contributed by atoms with van der Waals surface area (Å²) in [6.45, 7) is 4.74. The molecule has 0 aromatic heterocycles. The van der Waals surface area contributed by atoms with Gasteiger partial charge in [-0.3, -0.25) is 0 Å². The maximum atomic E-state index is 12.1. The molecule has 0 amide bonds. The van der Waals surface area contributed by atoms with Crippen LogP contribution in [0.2, 0.25) is 0 Å². The molecule has 0 heterocycles. The number of hydrogen-bond donors (Lipinski definition) is 4. The van der Waals surface area contributed by atoms with Crippen molar-refractivity contribution in [3.8, 4) is 0 Å². The van der Waals surface area contributed by atoms with Crippen molar-refractivity contribution in [3.05, 3.63) is 0 Å². The Balaban J connectivity index is -0.000000653. The zero-order valence-electron chi connectivity index (χ0n) is 19.2. The van der Waals surface area contributed by atoms with Gasteiger partial charge in [0.25, 0.3) is 0 Å². The lowest BCUT2D eigenvalue weighted by atomic mass is 10.1. The molecular formula is C19H42Br4F6N4. The van der Waals surface area contributed by atoms with Crippen LogP contribution in [0, 0.1) is 0 Å². The second kappa shape index (κ2) is 26.4. The quantitative estimate of drug-likeness (QED) is 0.0982. The minimum absolute atomic E-state index is 0. The van der Waals surface area contributed by atoms with Crippen LogP contribution < -0.4 is 21.3 Å². The van der Waals surface area contributed by atoms with Crippen molar-refractivity contribution in [2.75, 3.05) is 39.3 Å². The maximum absolute atomic E-state index is 12.1. The van der Waals surface area contributed by atoms with Gasteiger partial charge in [0.15, 0.2) is 0 Å². The molecule has 0 aliphatic rings. The molecule has 4 nitrogen and oxygen atoms in total. The van der Waals surface area contributed by atoms with E-state index in [9.17, 15) is 26.3 Å². The Kier molecular flexibility index (Phi) is 35.5. The van der Waals surface area contributed by atoms with Crippen molar-refractivity contribution in [3.63, 3.8) is 0 Å². The van der Waals surface area contributed by atoms with Crippen molar-refractivity contribution < 1.29 is 26.3 Å². The third-order valence-electron chi connectivity index (χ3n) is 4.52. The van der Waals surface area contributed by atoms with Gasteiger partial charge in [-0.25, -0.2) is 0 Å². The van der Waals surface area contributed by atoms with Gasteiger partial charge in [0.05, 0.1) is 13.1 Å². The predicted molar refractivity (Wildman–Crippen MR) is 146 cm³/mol. The van der Waals surface area contributed by atoms with E-state index < -0.39 is 25.4 Å². The van der Waals surface area contributed by atoms with Crippen LogP contribution in [0.25, 0.3) is 0 Å². The van der Waals surface area contributed by atoms with Crippen LogP contribution in [0.5, 0.6) is 0 Å². The fourth-order valence-corrected chi connectivity index (χ4v) is 2.70. The molecule has 33 heavy (non-hydrogen) atoms. The summed E-state index contributed by atoms with van der Waals surface area (Å²) in [6.07, 6.45) is -1.59. The minimum Gasteiger partial charge on any atom is -0.317 e. The highest BCUT2D eigenvalue weighted by atomic mass is 79.9. The molecule has 0 saturated heterocycles. The van der Waals surface area contributed by atoms with Crippen molar-refractivity contribution in [2.24, 2.45) is 0 Å². The maximum Gasteiger partial charge on any atom is 0.401 e. The summed E-state index contributed by atoms with van der Waals surface area (Å²) in [5.41, 5.74) is 0. The van der Waals surface area contributed by atoms with E-state index in [1.165, 1.54) is 0 Å². The minimum atomic E-state index is -4.16. The Hall–Kier alpha value is 1.34. The summed E-state index contributed by atoms with van der Waals surface area (Å²) in [5.74, 6) is 0. The molecule has 0 spiro atoms. The van der Waals surface area contributed by atoms with Crippen molar-refractivity contribution >= 4 is 67.9 Å². The molecule has 0 radical (unpaired) electrons. The summed E-state index contributed by atoms with van der Waals surface area (Å²) in [5, 5.41) is 11.4. The van der Waals surface area contributed by atoms with Gasteiger partial charge >= 0.3 is 12.4 Å². The molecule has 0 aromatic rings. The standard InChI is InChI=1S/C19H38F6N4.4BrH/c1-16(28-14-18(20,21)22)8-12-26-10-6-4-3-5-7-11-27-13-9-17(2)29-15-19(23,24)25;;;;/h16-17,26-29H,3-15H2,1-2H3;4*1H. The molecule has 0 fully saturated rings. The molecule has 0 aromatic carbocycles. The summed E-state index contributed by atoms with van der Waals surface area (Å²) in [7, 11) is 0. The number of nitrogens with one attached hydrogen (secondary N) is 4. The van der Waals surface area contributed by atoms with Crippen molar-refractivity contribution in [1.29, 1.82) is 0 Å². The lowest BCUT2D eigenvalue weighted by molar-refractivity contribution is -0.126. The summed E-state index contributed by atoms with van der Waals surface area (Å²) in [4.78, 5) is 0. The Morgan fingerprint density at radius 1 is 0.515 bits per heavy atom. The molecular weight excluding hydrogens is 718 g/mol. The average Bonchev–Trinajstić information content (AvgIpc) is 2.61. The first-order valence-electron chi connectivity index (χ1n) is 10.5. The fourth-order valence-electron chi connectivity index (χ4n) is 2.70. The fraction of sp³-hybridized carbons (Fsp3) is 1.00. The number of halogens is 10. The average molecular weight is 760 g/mol. The predicted octanol–water partition coefficient (Wildman–Crippen LogP) is 6.29. The van der Waals surface area contributed by atoms with E-state index in [-0.39, 0.29) is 80.0 Å². The van der Waals surface area contributed by atoms with Gasteiger partial charge in [0, 0.05) is 12.1 Å². The lowest BCUT2D eigenvalue weighted by Gasteiger charge is -2.15. The third kappa shape index (κ3) is 38.0. The number of alkyl halides is 6. The highest BCUT2D eigenvalue weighted by Gasteiger charge is 2.27. The van der Waals surface area contributed by atoms with Gasteiger partial charge < -0.3 is 21.3 Å². The topological polar surface area (TPSA) is 48.1 Å². The summed E-state index contributed by atoms with van der Waals surface area (Å²) < 4.78 is 72.4. The lowest BCUT2D eigenvalue weighted by Crippen LogP contribution is -2.37. The first-order chi connectivity index (χ1) is 13.5. The molecule has 4 N–H and O–H groups in total.